The van der Waals surface area contributed by atoms with Gasteiger partial charge in [-0.2, -0.15) is 0 Å². The van der Waals surface area contributed by atoms with Crippen molar-refractivity contribution in [3.63, 3.8) is 0 Å². The van der Waals surface area contributed by atoms with Gasteiger partial charge in [-0.25, -0.2) is 4.39 Å². The highest BCUT2D eigenvalue weighted by atomic mass is 79.9. The second-order valence-electron chi connectivity index (χ2n) is 4.80. The molecule has 4 heteroatoms. The molecule has 0 bridgehead atoms. The topological polar surface area (TPSA) is 21.3 Å². The van der Waals surface area contributed by atoms with E-state index in [1.807, 2.05) is 25.2 Å². The van der Waals surface area contributed by atoms with Gasteiger partial charge in [0.25, 0.3) is 0 Å². The van der Waals surface area contributed by atoms with Crippen LogP contribution in [0.2, 0.25) is 0 Å². The molecule has 0 fully saturated rings. The predicted molar refractivity (Wildman–Crippen MR) is 80.6 cm³/mol. The minimum atomic E-state index is -0.234. The van der Waals surface area contributed by atoms with Gasteiger partial charge in [-0.3, -0.25) is 0 Å². The Morgan fingerprint density at radius 1 is 1.20 bits per heavy atom. The lowest BCUT2D eigenvalue weighted by Crippen LogP contribution is -2.19. The van der Waals surface area contributed by atoms with Crippen molar-refractivity contribution in [3.8, 4) is 5.75 Å². The molecule has 1 N–H and O–H groups in total. The fourth-order valence-corrected chi connectivity index (χ4v) is 3.07. The van der Waals surface area contributed by atoms with Gasteiger partial charge >= 0.3 is 0 Å². The molecule has 1 unspecified atom stereocenters. The lowest BCUT2D eigenvalue weighted by atomic mass is 9.95. The molecule has 0 radical (unpaired) electrons. The normalized spacial score (nSPS) is 14.8. The standard InChI is InChI=1S/C16H15BrFNO/c1-19-15(11-5-3-7-13(17)14(11)18)12-6-2-4-10-8-9-20-16(10)12/h2-7,15,19H,8-9H2,1H3. The van der Waals surface area contributed by atoms with Gasteiger partial charge in [-0.1, -0.05) is 30.3 Å². The molecule has 0 amide bonds. The number of hydrogen-bond acceptors (Lipinski definition) is 2. The molecule has 3 rings (SSSR count). The van der Waals surface area contributed by atoms with E-state index >= 15 is 0 Å². The van der Waals surface area contributed by atoms with Crippen molar-refractivity contribution < 1.29 is 9.13 Å². The maximum atomic E-state index is 14.3. The molecule has 1 aliphatic rings. The summed E-state index contributed by atoms with van der Waals surface area (Å²) in [5.74, 6) is 0.661. The quantitative estimate of drug-likeness (QED) is 0.920. The third-order valence-electron chi connectivity index (χ3n) is 3.64. The van der Waals surface area contributed by atoms with Crippen LogP contribution in [0.1, 0.15) is 22.7 Å². The highest BCUT2D eigenvalue weighted by Crippen LogP contribution is 2.37. The first-order valence-corrected chi connectivity index (χ1v) is 7.37. The van der Waals surface area contributed by atoms with Crippen LogP contribution in [0.15, 0.2) is 40.9 Å². The van der Waals surface area contributed by atoms with Gasteiger partial charge in [0.2, 0.25) is 0 Å². The Labute approximate surface area is 126 Å². The third kappa shape index (κ3) is 2.23. The molecule has 0 saturated heterocycles. The first kappa shape index (κ1) is 13.6. The van der Waals surface area contributed by atoms with Gasteiger partial charge in [0.15, 0.2) is 0 Å². The molecule has 0 saturated carbocycles. The molecule has 0 aliphatic carbocycles. The Balaban J connectivity index is 2.11. The van der Waals surface area contributed by atoms with Crippen molar-refractivity contribution in [2.45, 2.75) is 12.5 Å². The fraction of sp³-hybridized carbons (Fsp3) is 0.250. The Morgan fingerprint density at radius 3 is 2.75 bits per heavy atom. The summed E-state index contributed by atoms with van der Waals surface area (Å²) in [6, 6.07) is 11.2. The highest BCUT2D eigenvalue weighted by Gasteiger charge is 2.24. The molecule has 1 atom stereocenters. The van der Waals surface area contributed by atoms with Gasteiger partial charge in [0.1, 0.15) is 11.6 Å². The van der Waals surface area contributed by atoms with Crippen LogP contribution in [0.25, 0.3) is 0 Å². The van der Waals surface area contributed by atoms with E-state index in [9.17, 15) is 4.39 Å². The first-order valence-electron chi connectivity index (χ1n) is 6.58. The largest absolute Gasteiger partial charge is 0.493 e. The lowest BCUT2D eigenvalue weighted by Gasteiger charge is -2.20. The fourth-order valence-electron chi connectivity index (χ4n) is 2.69. The number of nitrogens with one attached hydrogen (secondary N) is 1. The summed E-state index contributed by atoms with van der Waals surface area (Å²) in [6.07, 6.45) is 0.917. The highest BCUT2D eigenvalue weighted by molar-refractivity contribution is 9.10. The van der Waals surface area contributed by atoms with E-state index in [-0.39, 0.29) is 11.9 Å². The van der Waals surface area contributed by atoms with E-state index in [2.05, 4.69) is 27.3 Å². The van der Waals surface area contributed by atoms with Gasteiger partial charge in [-0.05, 0) is 34.6 Å². The molecule has 2 aromatic rings. The third-order valence-corrected chi connectivity index (χ3v) is 4.25. The Kier molecular flexibility index (Phi) is 3.76. The molecule has 2 nitrogen and oxygen atoms in total. The maximum Gasteiger partial charge on any atom is 0.142 e. The molecular weight excluding hydrogens is 321 g/mol. The minimum absolute atomic E-state index is 0.222. The molecular formula is C16H15BrFNO. The lowest BCUT2D eigenvalue weighted by molar-refractivity contribution is 0.350. The minimum Gasteiger partial charge on any atom is -0.493 e. The Bertz CT molecular complexity index is 644. The average molecular weight is 336 g/mol. The number of para-hydroxylation sites is 1. The number of benzene rings is 2. The second-order valence-corrected chi connectivity index (χ2v) is 5.65. The first-order chi connectivity index (χ1) is 9.72. The van der Waals surface area contributed by atoms with Gasteiger partial charge in [-0.15, -0.1) is 0 Å². The molecule has 1 aliphatic heterocycles. The van der Waals surface area contributed by atoms with Crippen LogP contribution in [0.5, 0.6) is 5.75 Å². The predicted octanol–water partition coefficient (Wildman–Crippen LogP) is 3.83. The summed E-state index contributed by atoms with van der Waals surface area (Å²) in [5, 5.41) is 3.19. The van der Waals surface area contributed by atoms with Gasteiger partial charge in [0, 0.05) is 17.5 Å². The van der Waals surface area contributed by atoms with E-state index in [0.717, 1.165) is 17.7 Å². The zero-order valence-corrected chi connectivity index (χ0v) is 12.7. The van der Waals surface area contributed by atoms with Crippen molar-refractivity contribution in [2.75, 3.05) is 13.7 Å². The molecule has 20 heavy (non-hydrogen) atoms. The zero-order chi connectivity index (χ0) is 14.1. The number of rotatable bonds is 3. The van der Waals surface area contributed by atoms with E-state index in [0.29, 0.717) is 16.6 Å². The van der Waals surface area contributed by atoms with Gasteiger partial charge < -0.3 is 10.1 Å². The zero-order valence-electron chi connectivity index (χ0n) is 11.1. The summed E-state index contributed by atoms with van der Waals surface area (Å²) in [6.45, 7) is 0.698. The van der Waals surface area contributed by atoms with Crippen molar-refractivity contribution in [1.29, 1.82) is 0 Å². The van der Waals surface area contributed by atoms with Gasteiger partial charge in [0.05, 0.1) is 17.1 Å². The second kappa shape index (κ2) is 5.54. The van der Waals surface area contributed by atoms with Crippen molar-refractivity contribution in [1.82, 2.24) is 5.32 Å². The molecule has 1 heterocycles. The van der Waals surface area contributed by atoms with Crippen LogP contribution in [-0.4, -0.2) is 13.7 Å². The number of hydrogen-bond donors (Lipinski definition) is 1. The Hall–Kier alpha value is -1.39. The van der Waals surface area contributed by atoms with Crippen molar-refractivity contribution >= 4 is 15.9 Å². The van der Waals surface area contributed by atoms with Crippen LogP contribution in [0.4, 0.5) is 4.39 Å². The van der Waals surface area contributed by atoms with E-state index < -0.39 is 0 Å². The van der Waals surface area contributed by atoms with E-state index in [4.69, 9.17) is 4.74 Å². The Morgan fingerprint density at radius 2 is 1.95 bits per heavy atom. The van der Waals surface area contributed by atoms with Crippen LogP contribution in [0, 0.1) is 5.82 Å². The van der Waals surface area contributed by atoms with E-state index in [1.165, 1.54) is 5.56 Å². The molecule has 104 valence electrons. The molecule has 0 spiro atoms. The van der Waals surface area contributed by atoms with Crippen LogP contribution >= 0.6 is 15.9 Å². The summed E-state index contributed by atoms with van der Waals surface area (Å²) in [5.41, 5.74) is 2.79. The maximum absolute atomic E-state index is 14.3. The van der Waals surface area contributed by atoms with E-state index in [1.54, 1.807) is 12.1 Å². The van der Waals surface area contributed by atoms with Crippen molar-refractivity contribution in [3.05, 3.63) is 63.4 Å². The van der Waals surface area contributed by atoms with Crippen LogP contribution in [0.3, 0.4) is 0 Å². The molecule has 2 aromatic carbocycles. The van der Waals surface area contributed by atoms with Crippen molar-refractivity contribution in [2.24, 2.45) is 0 Å². The number of fused-ring (bicyclic) bond motifs is 1. The number of ether oxygens (including phenoxy) is 1. The number of halogens is 2. The monoisotopic (exact) mass is 335 g/mol. The summed E-state index contributed by atoms with van der Waals surface area (Å²) < 4.78 is 20.6. The SMILES string of the molecule is CNC(c1cccc(Br)c1F)c1cccc2c1OCC2. The summed E-state index contributed by atoms with van der Waals surface area (Å²) in [7, 11) is 1.83. The summed E-state index contributed by atoms with van der Waals surface area (Å²) >= 11 is 3.24. The average Bonchev–Trinajstić information content (AvgIpc) is 2.93. The molecule has 0 aromatic heterocycles. The summed E-state index contributed by atoms with van der Waals surface area (Å²) in [4.78, 5) is 0. The smallest absolute Gasteiger partial charge is 0.142 e. The van der Waals surface area contributed by atoms with Crippen LogP contribution < -0.4 is 10.1 Å². The van der Waals surface area contributed by atoms with Crippen LogP contribution in [-0.2, 0) is 6.42 Å².